The van der Waals surface area contributed by atoms with Crippen molar-refractivity contribution in [3.8, 4) is 17.2 Å². The summed E-state index contributed by atoms with van der Waals surface area (Å²) < 4.78 is 12.0. The number of allylic oxidation sites excluding steroid dienone is 3. The van der Waals surface area contributed by atoms with E-state index in [0.29, 0.717) is 18.8 Å². The van der Waals surface area contributed by atoms with Crippen LogP contribution in [0.4, 0.5) is 0 Å². The number of aliphatic carboxylic acids is 1. The van der Waals surface area contributed by atoms with Gasteiger partial charge in [0.25, 0.3) is 0 Å². The van der Waals surface area contributed by atoms with Crippen molar-refractivity contribution < 1.29 is 19.4 Å². The van der Waals surface area contributed by atoms with Crippen molar-refractivity contribution in [1.29, 1.82) is 0 Å². The highest BCUT2D eigenvalue weighted by molar-refractivity contribution is 5.73. The number of carboxylic acids is 1. The number of ether oxygens (including phenoxy) is 2. The zero-order valence-electron chi connectivity index (χ0n) is 19.0. The van der Waals surface area contributed by atoms with Gasteiger partial charge in [-0.3, -0.25) is 4.79 Å². The Morgan fingerprint density at radius 2 is 1.70 bits per heavy atom. The maximum Gasteiger partial charge on any atom is 0.303 e. The molecule has 0 radical (unpaired) electrons. The average Bonchev–Trinajstić information content (AvgIpc) is 2.85. The minimum absolute atomic E-state index is 0.0742. The topological polar surface area (TPSA) is 55.8 Å². The molecule has 3 aromatic rings. The molecule has 0 unspecified atom stereocenters. The third-order valence-electron chi connectivity index (χ3n) is 4.83. The summed E-state index contributed by atoms with van der Waals surface area (Å²) in [6.07, 6.45) is 4.36. The van der Waals surface area contributed by atoms with Crippen LogP contribution in [0.1, 0.15) is 30.0 Å². The zero-order chi connectivity index (χ0) is 24.1. The largest absolute Gasteiger partial charge is 0.489 e. The smallest absolute Gasteiger partial charge is 0.303 e. The highest BCUT2D eigenvalue weighted by Crippen LogP contribution is 2.26. The van der Waals surface area contributed by atoms with Crippen molar-refractivity contribution in [1.82, 2.24) is 0 Å². The first-order valence-electron chi connectivity index (χ1n) is 10.7. The second kappa shape index (κ2) is 13.4. The minimum atomic E-state index is -0.820. The Hall–Kier alpha value is -4.05. The minimum Gasteiger partial charge on any atom is -0.489 e. The third-order valence-corrected chi connectivity index (χ3v) is 4.83. The normalized spacial score (nSPS) is 10.5. The van der Waals surface area contributed by atoms with Crippen molar-refractivity contribution in [2.24, 2.45) is 0 Å². The highest BCUT2D eigenvalue weighted by Gasteiger charge is 2.07. The molecule has 0 aliphatic carbocycles. The van der Waals surface area contributed by atoms with Crippen LogP contribution in [0.5, 0.6) is 17.2 Å². The molecule has 0 saturated carbocycles. The molecule has 4 heteroatoms. The van der Waals surface area contributed by atoms with E-state index in [4.69, 9.17) is 14.6 Å². The lowest BCUT2D eigenvalue weighted by molar-refractivity contribution is -0.136. The van der Waals surface area contributed by atoms with Crippen molar-refractivity contribution in [2.45, 2.75) is 26.4 Å². The first kappa shape index (κ1) is 25.2. The molecule has 0 atom stereocenters. The molecule has 0 saturated heterocycles. The van der Waals surface area contributed by atoms with Crippen LogP contribution in [0.3, 0.4) is 0 Å². The molecule has 0 amide bonds. The lowest BCUT2D eigenvalue weighted by Crippen LogP contribution is -2.02. The molecule has 0 aliphatic heterocycles. The van der Waals surface area contributed by atoms with Crippen LogP contribution in [0, 0.1) is 0 Å². The Labute approximate surface area is 196 Å². The second-order valence-corrected chi connectivity index (χ2v) is 7.01. The first-order valence-corrected chi connectivity index (χ1v) is 10.7. The van der Waals surface area contributed by atoms with Crippen LogP contribution in [-0.4, -0.2) is 11.1 Å². The van der Waals surface area contributed by atoms with Crippen LogP contribution in [0.15, 0.2) is 105 Å². The van der Waals surface area contributed by atoms with Gasteiger partial charge in [0.05, 0.1) is 0 Å². The lowest BCUT2D eigenvalue weighted by atomic mass is 10.1. The molecule has 0 fully saturated rings. The molecule has 3 aromatic carbocycles. The van der Waals surface area contributed by atoms with Gasteiger partial charge in [-0.1, -0.05) is 61.2 Å². The van der Waals surface area contributed by atoms with E-state index in [2.05, 4.69) is 19.7 Å². The first-order chi connectivity index (χ1) is 16.1. The number of benzene rings is 3. The third kappa shape index (κ3) is 7.86. The summed E-state index contributed by atoms with van der Waals surface area (Å²) in [5, 5.41) is 8.93. The maximum absolute atomic E-state index is 10.9. The Morgan fingerprint density at radius 1 is 0.970 bits per heavy atom. The quantitative estimate of drug-likeness (QED) is 0.261. The van der Waals surface area contributed by atoms with Gasteiger partial charge in [-0.05, 0) is 65.9 Å². The summed E-state index contributed by atoms with van der Waals surface area (Å²) in [4.78, 5) is 10.9. The van der Waals surface area contributed by atoms with E-state index in [-0.39, 0.29) is 6.42 Å². The van der Waals surface area contributed by atoms with Crippen LogP contribution in [0.2, 0.25) is 0 Å². The van der Waals surface area contributed by atoms with Gasteiger partial charge in [0.1, 0.15) is 23.9 Å². The van der Waals surface area contributed by atoms with Gasteiger partial charge in [-0.25, -0.2) is 0 Å². The van der Waals surface area contributed by atoms with Crippen molar-refractivity contribution in [3.63, 3.8) is 0 Å². The standard InChI is InChI=1S/C27H26O4.C2H4/c1-3-21(4-2)22-12-15-24(16-13-22)31-25-10-7-8-20(18-25)19-30-26-11-6-5-9-23(26)14-17-27(28)29;1-2/h3-13,15-16,18H,1,14,17,19H2,2H3,(H,28,29);1-2H2/b21-4+;. The number of aryl methyl sites for hydroxylation is 1. The Balaban J connectivity index is 0.00000187. The van der Waals surface area contributed by atoms with E-state index in [1.165, 1.54) is 0 Å². The summed E-state index contributed by atoms with van der Waals surface area (Å²) in [7, 11) is 0. The predicted molar refractivity (Wildman–Crippen MR) is 135 cm³/mol. The van der Waals surface area contributed by atoms with Gasteiger partial charge in [0, 0.05) is 6.42 Å². The van der Waals surface area contributed by atoms with Crippen molar-refractivity contribution >= 4 is 11.5 Å². The monoisotopic (exact) mass is 442 g/mol. The van der Waals surface area contributed by atoms with Crippen molar-refractivity contribution in [2.75, 3.05) is 0 Å². The summed E-state index contributed by atoms with van der Waals surface area (Å²) in [6.45, 7) is 12.2. The Kier molecular flexibility index (Phi) is 10.2. The molecule has 0 aliphatic rings. The second-order valence-electron chi connectivity index (χ2n) is 7.01. The number of carboxylic acid groups (broad SMARTS) is 1. The zero-order valence-corrected chi connectivity index (χ0v) is 19.0. The Bertz CT molecular complexity index is 1080. The fourth-order valence-electron chi connectivity index (χ4n) is 3.21. The van der Waals surface area contributed by atoms with E-state index in [1.54, 1.807) is 0 Å². The SMILES string of the molecule is C=C.C=C/C(=C\C)c1ccc(Oc2cccc(COc3ccccc3CCC(=O)O)c2)cc1. The summed E-state index contributed by atoms with van der Waals surface area (Å²) in [5.41, 5.74) is 4.02. The van der Waals surface area contributed by atoms with Gasteiger partial charge in [-0.15, -0.1) is 13.2 Å². The molecule has 0 spiro atoms. The molecule has 4 nitrogen and oxygen atoms in total. The van der Waals surface area contributed by atoms with Gasteiger partial charge in [0.15, 0.2) is 0 Å². The summed E-state index contributed by atoms with van der Waals surface area (Å²) in [5.74, 6) is 1.36. The predicted octanol–water partition coefficient (Wildman–Crippen LogP) is 7.47. The van der Waals surface area contributed by atoms with Crippen LogP contribution in [0.25, 0.3) is 5.57 Å². The number of carbonyl (C=O) groups is 1. The number of rotatable bonds is 10. The molecule has 3 rings (SSSR count). The fourth-order valence-corrected chi connectivity index (χ4v) is 3.21. The molecule has 0 heterocycles. The molecule has 0 aromatic heterocycles. The Morgan fingerprint density at radius 3 is 2.36 bits per heavy atom. The highest BCUT2D eigenvalue weighted by atomic mass is 16.5. The van der Waals surface area contributed by atoms with E-state index < -0.39 is 5.97 Å². The average molecular weight is 443 g/mol. The van der Waals surface area contributed by atoms with E-state index in [0.717, 1.165) is 33.8 Å². The van der Waals surface area contributed by atoms with Gasteiger partial charge >= 0.3 is 5.97 Å². The number of para-hydroxylation sites is 1. The molecule has 33 heavy (non-hydrogen) atoms. The molecule has 1 N–H and O–H groups in total. The molecular weight excluding hydrogens is 412 g/mol. The van der Waals surface area contributed by atoms with Crippen molar-refractivity contribution in [3.05, 3.63) is 121 Å². The summed E-state index contributed by atoms with van der Waals surface area (Å²) in [6, 6.07) is 23.1. The van der Waals surface area contributed by atoms with E-state index >= 15 is 0 Å². The van der Waals surface area contributed by atoms with Gasteiger partial charge < -0.3 is 14.6 Å². The molecule has 0 bridgehead atoms. The van der Waals surface area contributed by atoms with Crippen LogP contribution in [-0.2, 0) is 17.8 Å². The van der Waals surface area contributed by atoms with Gasteiger partial charge in [0.2, 0.25) is 0 Å². The lowest BCUT2D eigenvalue weighted by Gasteiger charge is -2.12. The fraction of sp³-hybridized carbons (Fsp3) is 0.138. The number of hydrogen-bond acceptors (Lipinski definition) is 3. The van der Waals surface area contributed by atoms with Crippen LogP contribution < -0.4 is 9.47 Å². The molecule has 170 valence electrons. The van der Waals surface area contributed by atoms with Gasteiger partial charge in [-0.2, -0.15) is 0 Å². The summed E-state index contributed by atoms with van der Waals surface area (Å²) >= 11 is 0. The maximum atomic E-state index is 10.9. The molecular formula is C29H30O4. The van der Waals surface area contributed by atoms with Crippen LogP contribution >= 0.6 is 0 Å². The van der Waals surface area contributed by atoms with E-state index in [9.17, 15) is 4.79 Å². The van der Waals surface area contributed by atoms with E-state index in [1.807, 2.05) is 91.9 Å². The number of hydrogen-bond donors (Lipinski definition) is 1.